The van der Waals surface area contributed by atoms with Crippen molar-refractivity contribution in [1.29, 1.82) is 0 Å². The number of benzene rings is 1. The van der Waals surface area contributed by atoms with Crippen LogP contribution in [0.2, 0.25) is 0 Å². The molecule has 0 unspecified atom stereocenters. The van der Waals surface area contributed by atoms with Gasteiger partial charge in [-0.2, -0.15) is 0 Å². The summed E-state index contributed by atoms with van der Waals surface area (Å²) in [6.45, 7) is 6.74. The summed E-state index contributed by atoms with van der Waals surface area (Å²) in [6.07, 6.45) is 52.1. The highest BCUT2D eigenvalue weighted by Crippen LogP contribution is 2.38. The number of carbonyl (C=O) groups excluding carboxylic acids is 1. The molecule has 1 aromatic rings. The van der Waals surface area contributed by atoms with E-state index >= 15 is 0 Å². The van der Waals surface area contributed by atoms with Crippen LogP contribution in [0.3, 0.4) is 0 Å². The molecule has 2 aliphatic rings. The Morgan fingerprint density at radius 1 is 0.448 bits per heavy atom. The Hall–Kier alpha value is -2.88. The molecule has 0 heterocycles. The van der Waals surface area contributed by atoms with Crippen LogP contribution >= 0.6 is 0 Å². The van der Waals surface area contributed by atoms with E-state index in [1.165, 1.54) is 211 Å². The van der Waals surface area contributed by atoms with Gasteiger partial charge in [0.1, 0.15) is 14.1 Å². The third-order valence-electron chi connectivity index (χ3n) is 12.7. The number of hydrogen-bond acceptors (Lipinski definition) is 3. The predicted octanol–water partition coefficient (Wildman–Crippen LogP) is 14.8. The van der Waals surface area contributed by atoms with Crippen molar-refractivity contribution in [3.05, 3.63) is 71.0 Å². The Balaban J connectivity index is 1.39. The average molecular weight is 797 g/mol. The Morgan fingerprint density at radius 2 is 0.776 bits per heavy atom. The summed E-state index contributed by atoms with van der Waals surface area (Å²) in [5, 5.41) is 13.2. The van der Waals surface area contributed by atoms with E-state index in [0.717, 1.165) is 24.4 Å². The summed E-state index contributed by atoms with van der Waals surface area (Å²) in [5.74, 6) is -0.262. The van der Waals surface area contributed by atoms with Crippen molar-refractivity contribution in [3.63, 3.8) is 0 Å². The van der Waals surface area contributed by atoms with Gasteiger partial charge in [-0.25, -0.2) is 4.58 Å². The van der Waals surface area contributed by atoms with Crippen LogP contribution < -0.4 is 10.0 Å². The first-order valence-corrected chi connectivity index (χ1v) is 24.9. The second kappa shape index (κ2) is 32.0. The number of allylic oxidation sites excluding steroid dienone is 7. The van der Waals surface area contributed by atoms with E-state index in [9.17, 15) is 9.90 Å². The normalized spacial score (nSPS) is 13.9. The highest BCUT2D eigenvalue weighted by Gasteiger charge is 2.30. The number of anilines is 1. The third-order valence-corrected chi connectivity index (χ3v) is 12.7. The van der Waals surface area contributed by atoms with Gasteiger partial charge in [-0.3, -0.25) is 4.79 Å². The second-order valence-electron chi connectivity index (χ2n) is 18.0. The monoisotopic (exact) mass is 797 g/mol. The number of rotatable bonds is 36. The minimum atomic E-state index is -0.131. The van der Waals surface area contributed by atoms with E-state index < -0.39 is 0 Å². The number of ketones is 1. The molecule has 2 aliphatic carbocycles. The molecule has 0 saturated heterocycles. The Labute approximate surface area is 358 Å². The Morgan fingerprint density at radius 3 is 1.09 bits per heavy atom. The lowest BCUT2D eigenvalue weighted by Crippen LogP contribution is -2.30. The minimum Gasteiger partial charge on any atom is -0.871 e. The molecule has 4 nitrogen and oxygen atoms in total. The van der Waals surface area contributed by atoms with Crippen LogP contribution in [0.5, 0.6) is 0 Å². The lowest BCUT2D eigenvalue weighted by atomic mass is 9.80. The molecule has 58 heavy (non-hydrogen) atoms. The molecular weight excluding hydrogens is 709 g/mol. The molecule has 326 valence electrons. The molecule has 1 aromatic carbocycles. The smallest absolute Gasteiger partial charge is 0.199 e. The summed E-state index contributed by atoms with van der Waals surface area (Å²) < 4.78 is 2.02. The van der Waals surface area contributed by atoms with Crippen molar-refractivity contribution in [2.45, 2.75) is 219 Å². The fraction of sp³-hybridized carbons (Fsp3) is 0.704. The van der Waals surface area contributed by atoms with Gasteiger partial charge in [0.15, 0.2) is 11.5 Å². The fourth-order valence-corrected chi connectivity index (χ4v) is 8.75. The molecule has 0 bridgehead atoms. The summed E-state index contributed by atoms with van der Waals surface area (Å²) >= 11 is 0. The molecule has 0 amide bonds. The van der Waals surface area contributed by atoms with Gasteiger partial charge in [0.05, 0.1) is 0 Å². The second-order valence-corrected chi connectivity index (χ2v) is 18.0. The van der Waals surface area contributed by atoms with Gasteiger partial charge in [-0.1, -0.05) is 224 Å². The van der Waals surface area contributed by atoms with Crippen molar-refractivity contribution < 1.29 is 14.5 Å². The van der Waals surface area contributed by atoms with Gasteiger partial charge >= 0.3 is 0 Å². The number of hydrogen-bond donors (Lipinski definition) is 0. The van der Waals surface area contributed by atoms with Crippen molar-refractivity contribution in [1.82, 2.24) is 0 Å². The number of unbranched alkanes of at least 4 members (excludes halogenated alkanes) is 30. The summed E-state index contributed by atoms with van der Waals surface area (Å²) in [4.78, 5) is 15.8. The zero-order valence-electron chi connectivity index (χ0n) is 38.4. The van der Waals surface area contributed by atoms with Gasteiger partial charge in [-0.05, 0) is 48.3 Å². The molecule has 0 saturated carbocycles. The van der Waals surface area contributed by atoms with Crippen molar-refractivity contribution >= 4 is 22.8 Å². The molecule has 4 heteroatoms. The van der Waals surface area contributed by atoms with E-state index in [0.29, 0.717) is 16.7 Å². The Bertz CT molecular complexity index is 1350. The zero-order valence-corrected chi connectivity index (χ0v) is 38.4. The topological polar surface area (TPSA) is 46.4 Å². The molecule has 0 radical (unpaired) electrons. The first-order valence-electron chi connectivity index (χ1n) is 24.9. The van der Waals surface area contributed by atoms with Crippen LogP contribution in [0, 0.1) is 0 Å². The molecule has 0 atom stereocenters. The third kappa shape index (κ3) is 19.9. The summed E-state index contributed by atoms with van der Waals surface area (Å²) in [5.41, 5.74) is 4.38. The Kier molecular flexibility index (Phi) is 27.3. The average Bonchev–Trinajstić information content (AvgIpc) is 3.23. The van der Waals surface area contributed by atoms with Crippen molar-refractivity contribution in [2.75, 3.05) is 32.1 Å². The van der Waals surface area contributed by atoms with Gasteiger partial charge in [0, 0.05) is 42.1 Å². The largest absolute Gasteiger partial charge is 0.871 e. The molecular formula is C54H88N2O2. The molecule has 0 spiro atoms. The van der Waals surface area contributed by atoms with Gasteiger partial charge in [0.25, 0.3) is 0 Å². The lowest BCUT2D eigenvalue weighted by Gasteiger charge is -2.32. The van der Waals surface area contributed by atoms with Crippen LogP contribution in [0.25, 0.3) is 5.57 Å². The highest BCUT2D eigenvalue weighted by molar-refractivity contribution is 6.39. The maximum atomic E-state index is 13.2. The van der Waals surface area contributed by atoms with Gasteiger partial charge < -0.3 is 10.0 Å². The molecule has 0 aliphatic heterocycles. The van der Waals surface area contributed by atoms with E-state index in [1.807, 2.05) is 55.1 Å². The summed E-state index contributed by atoms with van der Waals surface area (Å²) in [7, 11) is 3.97. The maximum Gasteiger partial charge on any atom is 0.199 e. The first kappa shape index (κ1) is 49.5. The number of nitrogens with zero attached hydrogens (tertiary/aromatic N) is 2. The van der Waals surface area contributed by atoms with Crippen LogP contribution in [0.15, 0.2) is 65.5 Å². The fourth-order valence-electron chi connectivity index (χ4n) is 8.75. The van der Waals surface area contributed by atoms with E-state index in [1.54, 1.807) is 0 Å². The first-order chi connectivity index (χ1) is 28.5. The molecule has 3 rings (SSSR count). The number of carbonyl (C=O) groups is 1. The summed E-state index contributed by atoms with van der Waals surface area (Å²) in [6, 6.07) is 8.29. The van der Waals surface area contributed by atoms with Crippen LogP contribution in [-0.4, -0.2) is 43.3 Å². The van der Waals surface area contributed by atoms with Gasteiger partial charge in [0.2, 0.25) is 0 Å². The number of Topliss-reactive ketones (excluding diaryl/α,β-unsaturated/α-hetero) is 1. The minimum absolute atomic E-state index is 0.131. The van der Waals surface area contributed by atoms with Crippen molar-refractivity contribution in [2.24, 2.45) is 0 Å². The molecule has 0 aromatic heterocycles. The standard InChI is InChI=1S/C54H88N2O2/c1-5-7-9-11-13-15-17-19-21-23-25-27-29-31-33-35-45-56(46-36-34-32-30-28-26-24-22-20-18-16-14-12-10-8-6-2)50-43-39-48(40-44-50)52-53(57)51(54(52)58)47-37-41-49(42-38-47)55(3)4/h37-44H,5-36,45-46H2,1-4H3. The van der Waals surface area contributed by atoms with Crippen molar-refractivity contribution in [3.8, 4) is 0 Å². The van der Waals surface area contributed by atoms with Crippen LogP contribution in [0.4, 0.5) is 5.69 Å². The zero-order chi connectivity index (χ0) is 41.5. The molecule has 0 fully saturated rings. The van der Waals surface area contributed by atoms with E-state index in [4.69, 9.17) is 0 Å². The predicted molar refractivity (Wildman–Crippen MR) is 252 cm³/mol. The van der Waals surface area contributed by atoms with Crippen LogP contribution in [0.1, 0.15) is 225 Å². The highest BCUT2D eigenvalue weighted by atomic mass is 16.3. The molecule has 0 N–H and O–H groups in total. The maximum absolute atomic E-state index is 13.2. The van der Waals surface area contributed by atoms with E-state index in [-0.39, 0.29) is 11.5 Å². The lowest BCUT2D eigenvalue weighted by molar-refractivity contribution is -0.462. The quantitative estimate of drug-likeness (QED) is 0.0386. The SMILES string of the molecule is CCCCCCCCCCCCCCCCCCN(CCCCCCCCCCCCCCCCCC)c1ccc(C2=C([O-])C(=C3C=CC(=[N+](C)C)C=C3)C2=O)cc1. The van der Waals surface area contributed by atoms with Crippen LogP contribution in [-0.2, 0) is 4.79 Å². The van der Waals surface area contributed by atoms with Gasteiger partial charge in [-0.15, -0.1) is 0 Å². The van der Waals surface area contributed by atoms with E-state index in [2.05, 4.69) is 30.9 Å².